The van der Waals surface area contributed by atoms with Gasteiger partial charge in [-0.3, -0.25) is 4.79 Å². The number of carbonyl (C=O) groups excluding carboxylic acids is 1. The van der Waals surface area contributed by atoms with E-state index in [0.29, 0.717) is 0 Å². The summed E-state index contributed by atoms with van der Waals surface area (Å²) >= 11 is 0. The number of rotatable bonds is 2. The highest BCUT2D eigenvalue weighted by Gasteiger charge is 1.88. The molecular formula is C10H10O. The quantitative estimate of drug-likeness (QED) is 0.586. The van der Waals surface area contributed by atoms with Crippen molar-refractivity contribution < 1.29 is 4.79 Å². The average Bonchev–Trinajstić information content (AvgIpc) is 2.06. The van der Waals surface area contributed by atoms with Crippen LogP contribution in [0.5, 0.6) is 0 Å². The van der Waals surface area contributed by atoms with E-state index in [1.807, 2.05) is 37.3 Å². The summed E-state index contributed by atoms with van der Waals surface area (Å²) in [6, 6.07) is 7.49. The lowest BCUT2D eigenvalue weighted by molar-refractivity contribution is 0.112. The Kier molecular flexibility index (Phi) is 2.61. The topological polar surface area (TPSA) is 17.1 Å². The van der Waals surface area contributed by atoms with E-state index in [4.69, 9.17) is 0 Å². The second kappa shape index (κ2) is 3.71. The van der Waals surface area contributed by atoms with Crippen LogP contribution in [0.15, 0.2) is 30.3 Å². The fourth-order valence-corrected chi connectivity index (χ4v) is 0.928. The molecular weight excluding hydrogens is 136 g/mol. The average molecular weight is 146 g/mol. The van der Waals surface area contributed by atoms with Gasteiger partial charge in [-0.2, -0.15) is 0 Å². The largest absolute Gasteiger partial charge is 0.298 e. The molecule has 0 amide bonds. The van der Waals surface area contributed by atoms with Gasteiger partial charge >= 0.3 is 0 Å². The maximum absolute atomic E-state index is 10.3. The third kappa shape index (κ3) is 2.04. The lowest BCUT2D eigenvalue weighted by Crippen LogP contribution is -1.79. The molecule has 0 aliphatic rings. The molecule has 0 heterocycles. The minimum absolute atomic E-state index is 0.723. The van der Waals surface area contributed by atoms with Crippen LogP contribution < -0.4 is 0 Å². The van der Waals surface area contributed by atoms with Gasteiger partial charge in [-0.1, -0.05) is 30.4 Å². The number of hydrogen-bond acceptors (Lipinski definition) is 1. The van der Waals surface area contributed by atoms with E-state index in [1.165, 1.54) is 0 Å². The molecule has 1 aromatic carbocycles. The van der Waals surface area contributed by atoms with Crippen LogP contribution in [0, 0.1) is 0 Å². The molecule has 0 unspecified atom stereocenters. The van der Waals surface area contributed by atoms with Gasteiger partial charge in [-0.05, 0) is 18.6 Å². The van der Waals surface area contributed by atoms with Crippen LogP contribution in [0.2, 0.25) is 0 Å². The molecule has 11 heavy (non-hydrogen) atoms. The van der Waals surface area contributed by atoms with Gasteiger partial charge in [-0.15, -0.1) is 0 Å². The molecule has 0 spiro atoms. The molecule has 0 aromatic heterocycles. The van der Waals surface area contributed by atoms with Crippen molar-refractivity contribution in [2.75, 3.05) is 0 Å². The maximum atomic E-state index is 10.3. The second-order valence-electron chi connectivity index (χ2n) is 2.29. The van der Waals surface area contributed by atoms with Crippen molar-refractivity contribution in [3.05, 3.63) is 41.5 Å². The zero-order valence-corrected chi connectivity index (χ0v) is 6.45. The number of allylic oxidation sites excluding steroid dienone is 1. The summed E-state index contributed by atoms with van der Waals surface area (Å²) in [5.74, 6) is 0. The Morgan fingerprint density at radius 2 is 2.00 bits per heavy atom. The molecule has 1 aromatic rings. The first-order valence-corrected chi connectivity index (χ1v) is 3.55. The molecule has 0 aliphatic carbocycles. The minimum atomic E-state index is 0.723. The van der Waals surface area contributed by atoms with Crippen LogP contribution in [0.4, 0.5) is 0 Å². The Morgan fingerprint density at radius 1 is 1.27 bits per heavy atom. The van der Waals surface area contributed by atoms with Crippen molar-refractivity contribution in [2.24, 2.45) is 0 Å². The number of carbonyl (C=O) groups is 1. The Morgan fingerprint density at radius 3 is 2.64 bits per heavy atom. The molecule has 0 saturated carbocycles. The smallest absolute Gasteiger partial charge is 0.150 e. The molecule has 56 valence electrons. The Balaban J connectivity index is 3.00. The van der Waals surface area contributed by atoms with Crippen molar-refractivity contribution >= 4 is 12.4 Å². The first-order valence-electron chi connectivity index (χ1n) is 3.55. The first-order chi connectivity index (χ1) is 5.36. The first kappa shape index (κ1) is 7.73. The second-order valence-corrected chi connectivity index (χ2v) is 2.29. The molecule has 0 bridgehead atoms. The van der Waals surface area contributed by atoms with Gasteiger partial charge in [0.15, 0.2) is 0 Å². The molecule has 0 fully saturated rings. The van der Waals surface area contributed by atoms with Gasteiger partial charge in [0.1, 0.15) is 6.29 Å². The molecule has 1 nitrogen and oxygen atoms in total. The predicted molar refractivity (Wildman–Crippen MR) is 46.5 cm³/mol. The fraction of sp³-hybridized carbons (Fsp3) is 0.100. The highest BCUT2D eigenvalue weighted by atomic mass is 16.1. The zero-order valence-electron chi connectivity index (χ0n) is 6.45. The Labute approximate surface area is 66.4 Å². The van der Waals surface area contributed by atoms with Gasteiger partial charge in [0.05, 0.1) is 0 Å². The van der Waals surface area contributed by atoms with Crippen LogP contribution in [0.1, 0.15) is 22.8 Å². The highest BCUT2D eigenvalue weighted by molar-refractivity contribution is 5.76. The Hall–Kier alpha value is -1.37. The van der Waals surface area contributed by atoms with Crippen LogP contribution >= 0.6 is 0 Å². The SMILES string of the molecule is C/C=C\c1cccc(C=O)c1. The fourth-order valence-electron chi connectivity index (χ4n) is 0.928. The summed E-state index contributed by atoms with van der Waals surface area (Å²) < 4.78 is 0. The van der Waals surface area contributed by atoms with Crippen molar-refractivity contribution in [1.29, 1.82) is 0 Å². The van der Waals surface area contributed by atoms with E-state index >= 15 is 0 Å². The molecule has 0 aliphatic heterocycles. The van der Waals surface area contributed by atoms with Gasteiger partial charge < -0.3 is 0 Å². The lowest BCUT2D eigenvalue weighted by atomic mass is 10.1. The Bertz CT molecular complexity index is 274. The van der Waals surface area contributed by atoms with E-state index in [9.17, 15) is 4.79 Å². The van der Waals surface area contributed by atoms with Crippen LogP contribution in [0.25, 0.3) is 6.08 Å². The molecule has 0 N–H and O–H groups in total. The van der Waals surface area contributed by atoms with Crippen LogP contribution in [0.3, 0.4) is 0 Å². The molecule has 0 saturated heterocycles. The molecule has 0 atom stereocenters. The van der Waals surface area contributed by atoms with Crippen molar-refractivity contribution in [2.45, 2.75) is 6.92 Å². The van der Waals surface area contributed by atoms with Gasteiger partial charge in [-0.25, -0.2) is 0 Å². The third-order valence-corrected chi connectivity index (χ3v) is 1.41. The van der Waals surface area contributed by atoms with Crippen molar-refractivity contribution in [1.82, 2.24) is 0 Å². The number of aldehydes is 1. The third-order valence-electron chi connectivity index (χ3n) is 1.41. The summed E-state index contributed by atoms with van der Waals surface area (Å²) in [6.45, 7) is 1.95. The van der Waals surface area contributed by atoms with E-state index in [-0.39, 0.29) is 0 Å². The summed E-state index contributed by atoms with van der Waals surface area (Å²) in [6.07, 6.45) is 4.77. The normalized spacial score (nSPS) is 10.3. The predicted octanol–water partition coefficient (Wildman–Crippen LogP) is 2.53. The van der Waals surface area contributed by atoms with E-state index < -0.39 is 0 Å². The summed E-state index contributed by atoms with van der Waals surface area (Å²) in [4.78, 5) is 10.3. The van der Waals surface area contributed by atoms with Crippen molar-refractivity contribution in [3.63, 3.8) is 0 Å². The maximum Gasteiger partial charge on any atom is 0.150 e. The minimum Gasteiger partial charge on any atom is -0.298 e. The van der Waals surface area contributed by atoms with Crippen LogP contribution in [-0.2, 0) is 0 Å². The monoisotopic (exact) mass is 146 g/mol. The number of hydrogen-bond donors (Lipinski definition) is 0. The van der Waals surface area contributed by atoms with Gasteiger partial charge in [0, 0.05) is 5.56 Å². The van der Waals surface area contributed by atoms with E-state index in [0.717, 1.165) is 17.4 Å². The lowest BCUT2D eigenvalue weighted by Gasteiger charge is -1.92. The summed E-state index contributed by atoms with van der Waals surface area (Å²) in [5.41, 5.74) is 1.79. The summed E-state index contributed by atoms with van der Waals surface area (Å²) in [5, 5.41) is 0. The van der Waals surface area contributed by atoms with E-state index in [1.54, 1.807) is 6.07 Å². The van der Waals surface area contributed by atoms with Crippen LogP contribution in [-0.4, -0.2) is 6.29 Å². The molecule has 1 heteroatoms. The molecule has 0 radical (unpaired) electrons. The number of benzene rings is 1. The zero-order chi connectivity index (χ0) is 8.10. The van der Waals surface area contributed by atoms with Gasteiger partial charge in [0.25, 0.3) is 0 Å². The van der Waals surface area contributed by atoms with Gasteiger partial charge in [0.2, 0.25) is 0 Å². The summed E-state index contributed by atoms with van der Waals surface area (Å²) in [7, 11) is 0. The highest BCUT2D eigenvalue weighted by Crippen LogP contribution is 2.04. The van der Waals surface area contributed by atoms with E-state index in [2.05, 4.69) is 0 Å². The molecule has 1 rings (SSSR count). The van der Waals surface area contributed by atoms with Crippen molar-refractivity contribution in [3.8, 4) is 0 Å². The standard InChI is InChI=1S/C10H10O/c1-2-4-9-5-3-6-10(7-9)8-11/h2-8H,1H3/b4-2-.